The summed E-state index contributed by atoms with van der Waals surface area (Å²) in [6.07, 6.45) is 5.74. The van der Waals surface area contributed by atoms with Crippen molar-refractivity contribution in [2.45, 2.75) is 59.3 Å². The number of nitrogens with zero attached hydrogens (tertiary/aromatic N) is 7. The van der Waals surface area contributed by atoms with Crippen LogP contribution in [0.4, 0.5) is 5.82 Å². The molecule has 0 spiro atoms. The van der Waals surface area contributed by atoms with Crippen LogP contribution in [0.15, 0.2) is 42.9 Å². The minimum absolute atomic E-state index is 0.0444. The van der Waals surface area contributed by atoms with Crippen LogP contribution >= 0.6 is 23.2 Å². The van der Waals surface area contributed by atoms with Gasteiger partial charge >= 0.3 is 0 Å². The molecule has 0 radical (unpaired) electrons. The van der Waals surface area contributed by atoms with Crippen LogP contribution in [0.2, 0.25) is 10.0 Å². The predicted molar refractivity (Wildman–Crippen MR) is 138 cm³/mol. The molecular formula is C25H27Cl2N7O. The number of halogens is 2. The van der Waals surface area contributed by atoms with Crippen LogP contribution in [0, 0.1) is 0 Å². The number of aromatic nitrogens is 6. The van der Waals surface area contributed by atoms with Crippen molar-refractivity contribution in [1.29, 1.82) is 0 Å². The Morgan fingerprint density at radius 3 is 2.57 bits per heavy atom. The number of benzene rings is 1. The Morgan fingerprint density at radius 2 is 1.86 bits per heavy atom. The third-order valence-corrected chi connectivity index (χ3v) is 6.79. The van der Waals surface area contributed by atoms with Crippen LogP contribution in [0.3, 0.4) is 0 Å². The topological polar surface area (TPSA) is 73.8 Å². The van der Waals surface area contributed by atoms with Crippen molar-refractivity contribution in [1.82, 2.24) is 29.1 Å². The fourth-order valence-electron chi connectivity index (χ4n) is 4.47. The lowest BCUT2D eigenvalue weighted by molar-refractivity contribution is -0.119. The predicted octanol–water partition coefficient (Wildman–Crippen LogP) is 6.02. The van der Waals surface area contributed by atoms with Crippen molar-refractivity contribution in [2.75, 3.05) is 4.90 Å². The highest BCUT2D eigenvalue weighted by Crippen LogP contribution is 2.35. The monoisotopic (exact) mass is 511 g/mol. The summed E-state index contributed by atoms with van der Waals surface area (Å²) in [5, 5.41) is 10.3. The van der Waals surface area contributed by atoms with E-state index in [1.54, 1.807) is 17.3 Å². The standard InChI is InChI=1S/C25H27Cl2N7O/c1-15(2)31-10-8-28-25(31)18-6-5-17(11-19(18)26)14-32-22-12-21(30-33(22)9-7-23(32)35)24-20(27)13-29-34(24)16(3)4/h5-6,8,10-13,15-16H,7,9,14H2,1-4H3. The minimum atomic E-state index is 0.0444. The van der Waals surface area contributed by atoms with Crippen molar-refractivity contribution in [3.05, 3.63) is 58.5 Å². The number of imidazole rings is 1. The first kappa shape index (κ1) is 23.6. The maximum atomic E-state index is 13.0. The van der Waals surface area contributed by atoms with E-state index in [0.717, 1.165) is 28.5 Å². The highest BCUT2D eigenvalue weighted by molar-refractivity contribution is 6.33. The Balaban J connectivity index is 1.47. The quantitative estimate of drug-likeness (QED) is 0.317. The highest BCUT2D eigenvalue weighted by atomic mass is 35.5. The Bertz CT molecular complexity index is 1400. The molecule has 10 heteroatoms. The van der Waals surface area contributed by atoms with Gasteiger partial charge in [-0.25, -0.2) is 9.67 Å². The molecule has 0 N–H and O–H groups in total. The smallest absolute Gasteiger partial charge is 0.230 e. The van der Waals surface area contributed by atoms with E-state index in [0.29, 0.717) is 35.2 Å². The lowest BCUT2D eigenvalue weighted by Gasteiger charge is -2.27. The molecule has 8 nitrogen and oxygen atoms in total. The molecule has 1 amide bonds. The van der Waals surface area contributed by atoms with Gasteiger partial charge in [0, 0.05) is 42.5 Å². The summed E-state index contributed by atoms with van der Waals surface area (Å²) in [6, 6.07) is 8.18. The molecule has 1 aromatic carbocycles. The van der Waals surface area contributed by atoms with Gasteiger partial charge in [-0.15, -0.1) is 0 Å². The van der Waals surface area contributed by atoms with Gasteiger partial charge in [0.1, 0.15) is 23.0 Å². The first-order chi connectivity index (χ1) is 16.7. The fraction of sp³-hybridized carbons (Fsp3) is 0.360. The summed E-state index contributed by atoms with van der Waals surface area (Å²) >= 11 is 13.1. The summed E-state index contributed by atoms with van der Waals surface area (Å²) in [4.78, 5) is 19.2. The van der Waals surface area contributed by atoms with Crippen molar-refractivity contribution in [3.8, 4) is 22.8 Å². The summed E-state index contributed by atoms with van der Waals surface area (Å²) in [5.74, 6) is 1.61. The second-order valence-electron chi connectivity index (χ2n) is 9.29. The number of anilines is 1. The number of hydrogen-bond donors (Lipinski definition) is 0. The molecule has 0 atom stereocenters. The van der Waals surface area contributed by atoms with Crippen molar-refractivity contribution < 1.29 is 4.79 Å². The van der Waals surface area contributed by atoms with Crippen LogP contribution in [0.1, 0.15) is 51.8 Å². The largest absolute Gasteiger partial charge is 0.328 e. The first-order valence-corrected chi connectivity index (χ1v) is 12.4. The van der Waals surface area contributed by atoms with E-state index in [4.69, 9.17) is 28.3 Å². The van der Waals surface area contributed by atoms with Gasteiger partial charge in [0.25, 0.3) is 0 Å². The molecule has 1 aliphatic rings. The number of fused-ring (bicyclic) bond motifs is 1. The van der Waals surface area contributed by atoms with Crippen LogP contribution in [-0.4, -0.2) is 35.0 Å². The minimum Gasteiger partial charge on any atom is -0.328 e. The number of rotatable bonds is 6. The van der Waals surface area contributed by atoms with E-state index in [1.807, 2.05) is 53.7 Å². The molecule has 3 aromatic heterocycles. The SMILES string of the molecule is CC(C)n1ccnc1-c1ccc(CN2C(=O)CCn3nc(-c4c(Cl)cnn4C(C)C)cc32)cc1Cl. The van der Waals surface area contributed by atoms with E-state index in [-0.39, 0.29) is 18.0 Å². The summed E-state index contributed by atoms with van der Waals surface area (Å²) in [5.41, 5.74) is 3.24. The normalized spacial score (nSPS) is 13.8. The van der Waals surface area contributed by atoms with Gasteiger partial charge in [-0.3, -0.25) is 14.4 Å². The zero-order chi connectivity index (χ0) is 24.9. The van der Waals surface area contributed by atoms with Crippen LogP contribution in [0.25, 0.3) is 22.8 Å². The Morgan fingerprint density at radius 1 is 1.06 bits per heavy atom. The second-order valence-corrected chi connectivity index (χ2v) is 10.1. The van der Waals surface area contributed by atoms with Gasteiger partial charge in [0.2, 0.25) is 5.91 Å². The van der Waals surface area contributed by atoms with E-state index in [2.05, 4.69) is 28.5 Å². The van der Waals surface area contributed by atoms with Crippen LogP contribution in [-0.2, 0) is 17.9 Å². The zero-order valence-electron chi connectivity index (χ0n) is 20.1. The zero-order valence-corrected chi connectivity index (χ0v) is 21.6. The molecule has 4 aromatic rings. The lowest BCUT2D eigenvalue weighted by atomic mass is 10.1. The number of amides is 1. The number of hydrogen-bond acceptors (Lipinski definition) is 4. The first-order valence-electron chi connectivity index (χ1n) is 11.7. The van der Waals surface area contributed by atoms with E-state index in [9.17, 15) is 4.79 Å². The van der Waals surface area contributed by atoms with E-state index in [1.165, 1.54) is 0 Å². The van der Waals surface area contributed by atoms with E-state index < -0.39 is 0 Å². The number of aryl methyl sites for hydroxylation is 1. The Labute approximate surface area is 214 Å². The van der Waals surface area contributed by atoms with Gasteiger partial charge in [-0.05, 0) is 45.4 Å². The molecule has 182 valence electrons. The second kappa shape index (κ2) is 9.17. The molecule has 4 heterocycles. The summed E-state index contributed by atoms with van der Waals surface area (Å²) in [6.45, 7) is 9.21. The molecule has 0 saturated heterocycles. The molecule has 0 unspecified atom stereocenters. The molecule has 0 saturated carbocycles. The van der Waals surface area contributed by atoms with Crippen molar-refractivity contribution >= 4 is 34.9 Å². The molecule has 0 fully saturated rings. The van der Waals surface area contributed by atoms with Crippen LogP contribution in [0.5, 0.6) is 0 Å². The summed E-state index contributed by atoms with van der Waals surface area (Å²) < 4.78 is 5.80. The average molecular weight is 512 g/mol. The lowest BCUT2D eigenvalue weighted by Crippen LogP contribution is -2.36. The van der Waals surface area contributed by atoms with Gasteiger partial charge in [0.05, 0.1) is 29.3 Å². The third kappa shape index (κ3) is 4.25. The van der Waals surface area contributed by atoms with Crippen molar-refractivity contribution in [2.24, 2.45) is 0 Å². The molecular weight excluding hydrogens is 485 g/mol. The van der Waals surface area contributed by atoms with Crippen molar-refractivity contribution in [3.63, 3.8) is 0 Å². The summed E-state index contributed by atoms with van der Waals surface area (Å²) in [7, 11) is 0. The Hall–Kier alpha value is -3.10. The number of carbonyl (C=O) groups is 1. The van der Waals surface area contributed by atoms with E-state index >= 15 is 0 Å². The third-order valence-electron chi connectivity index (χ3n) is 6.20. The Kier molecular flexibility index (Phi) is 6.19. The fourth-order valence-corrected chi connectivity index (χ4v) is 4.98. The maximum absolute atomic E-state index is 13.0. The molecule has 35 heavy (non-hydrogen) atoms. The van der Waals surface area contributed by atoms with Gasteiger partial charge in [-0.1, -0.05) is 29.3 Å². The maximum Gasteiger partial charge on any atom is 0.230 e. The highest BCUT2D eigenvalue weighted by Gasteiger charge is 2.28. The van der Waals surface area contributed by atoms with Gasteiger partial charge in [0.15, 0.2) is 0 Å². The molecule has 0 aliphatic carbocycles. The average Bonchev–Trinajstić information content (AvgIpc) is 3.53. The van der Waals surface area contributed by atoms with Crippen LogP contribution < -0.4 is 4.90 Å². The molecule has 5 rings (SSSR count). The molecule has 1 aliphatic heterocycles. The van der Waals surface area contributed by atoms with Gasteiger partial charge in [-0.2, -0.15) is 10.2 Å². The van der Waals surface area contributed by atoms with Gasteiger partial charge < -0.3 is 4.57 Å². The number of carbonyl (C=O) groups excluding carboxylic acids is 1. The molecule has 0 bridgehead atoms.